The predicted octanol–water partition coefficient (Wildman–Crippen LogP) is 3.23. The molecule has 2 amide bonds. The molecule has 3 heterocycles. The number of aromatic nitrogens is 4. The molecule has 0 spiro atoms. The van der Waals surface area contributed by atoms with Crippen LogP contribution in [0.2, 0.25) is 0 Å². The van der Waals surface area contributed by atoms with Crippen LogP contribution in [0, 0.1) is 11.3 Å². The lowest BCUT2D eigenvalue weighted by atomic mass is 10.1. The van der Waals surface area contributed by atoms with E-state index in [1.807, 2.05) is 35.0 Å². The third kappa shape index (κ3) is 4.82. The van der Waals surface area contributed by atoms with E-state index >= 15 is 0 Å². The summed E-state index contributed by atoms with van der Waals surface area (Å²) in [6.07, 6.45) is 4.44. The van der Waals surface area contributed by atoms with E-state index in [1.54, 1.807) is 29.2 Å². The number of piperidine rings is 1. The lowest BCUT2D eigenvalue weighted by Crippen LogP contribution is -2.40. The average molecular weight is 507 g/mol. The number of fused-ring (bicyclic) bond motifs is 1. The van der Waals surface area contributed by atoms with Crippen molar-refractivity contribution in [2.24, 2.45) is 0 Å². The molecule has 190 valence electrons. The predicted molar refractivity (Wildman–Crippen MR) is 143 cm³/mol. The Morgan fingerprint density at radius 1 is 1.21 bits per heavy atom. The minimum atomic E-state index is -0.268. The van der Waals surface area contributed by atoms with E-state index < -0.39 is 0 Å². The number of rotatable bonds is 6. The molecule has 2 aromatic carbocycles. The number of nitriles is 1. The molecule has 4 aromatic rings. The van der Waals surface area contributed by atoms with Gasteiger partial charge >= 0.3 is 0 Å². The third-order valence-corrected chi connectivity index (χ3v) is 6.65. The number of hydrogen-bond donors (Lipinski definition) is 2. The van der Waals surface area contributed by atoms with E-state index in [-0.39, 0.29) is 24.4 Å². The van der Waals surface area contributed by atoms with Crippen molar-refractivity contribution in [2.45, 2.75) is 25.4 Å². The van der Waals surface area contributed by atoms with Gasteiger partial charge in [-0.1, -0.05) is 30.8 Å². The molecule has 38 heavy (non-hydrogen) atoms. The standard InChI is InChI=1S/C28H26N8O2/c1-2-23(37)35-11-5-10-22(16-35)36-27-24(26(30)32-17-33-27)25(34-36)20-8-4-7-19(13-20)15-31-28(38)21-9-3-6-18(12-21)14-29/h2-4,6-9,12-13,17,22H,1,5,10-11,15-16H2,(H,31,38)(H2,30,32,33)/t22-/m1/s1. The molecule has 10 nitrogen and oxygen atoms in total. The summed E-state index contributed by atoms with van der Waals surface area (Å²) in [6.45, 7) is 5.08. The summed E-state index contributed by atoms with van der Waals surface area (Å²) in [6, 6.07) is 16.2. The molecule has 10 heteroatoms. The summed E-state index contributed by atoms with van der Waals surface area (Å²) in [4.78, 5) is 35.3. The number of nitrogens with two attached hydrogens (primary N) is 1. The number of likely N-dealkylation sites (tertiary alicyclic amines) is 1. The van der Waals surface area contributed by atoms with Crippen LogP contribution in [0.25, 0.3) is 22.3 Å². The van der Waals surface area contributed by atoms with Crippen molar-refractivity contribution in [1.29, 1.82) is 5.26 Å². The van der Waals surface area contributed by atoms with Crippen LogP contribution >= 0.6 is 0 Å². The summed E-state index contributed by atoms with van der Waals surface area (Å²) in [7, 11) is 0. The summed E-state index contributed by atoms with van der Waals surface area (Å²) >= 11 is 0. The van der Waals surface area contributed by atoms with E-state index in [2.05, 4.69) is 21.9 Å². The Bertz CT molecular complexity index is 1590. The Labute approximate surface area is 219 Å². The fraction of sp³-hybridized carbons (Fsp3) is 0.214. The highest BCUT2D eigenvalue weighted by Crippen LogP contribution is 2.34. The highest BCUT2D eigenvalue weighted by Gasteiger charge is 2.28. The smallest absolute Gasteiger partial charge is 0.251 e. The van der Waals surface area contributed by atoms with Gasteiger partial charge in [0.05, 0.1) is 23.1 Å². The number of benzene rings is 2. The van der Waals surface area contributed by atoms with Gasteiger partial charge in [0.1, 0.15) is 17.8 Å². The molecule has 2 aromatic heterocycles. The lowest BCUT2D eigenvalue weighted by Gasteiger charge is -2.32. The molecule has 0 bridgehead atoms. The molecule has 0 unspecified atom stereocenters. The summed E-state index contributed by atoms with van der Waals surface area (Å²) in [5.41, 5.74) is 10.1. The molecule has 5 rings (SSSR count). The fourth-order valence-electron chi connectivity index (χ4n) is 4.78. The van der Waals surface area contributed by atoms with Crippen LogP contribution in [0.5, 0.6) is 0 Å². The van der Waals surface area contributed by atoms with Crippen molar-refractivity contribution in [3.63, 3.8) is 0 Å². The number of nitrogens with one attached hydrogen (secondary N) is 1. The second kappa shape index (κ2) is 10.5. The van der Waals surface area contributed by atoms with E-state index in [0.29, 0.717) is 46.8 Å². The van der Waals surface area contributed by atoms with E-state index in [9.17, 15) is 9.59 Å². The highest BCUT2D eigenvalue weighted by atomic mass is 16.2. The zero-order chi connectivity index (χ0) is 26.6. The Kier molecular flexibility index (Phi) is 6.82. The topological polar surface area (TPSA) is 143 Å². The summed E-state index contributed by atoms with van der Waals surface area (Å²) < 4.78 is 1.85. The van der Waals surface area contributed by atoms with Gasteiger partial charge in [-0.3, -0.25) is 9.59 Å². The Hall–Kier alpha value is -5.04. The number of hydrogen-bond acceptors (Lipinski definition) is 7. The summed E-state index contributed by atoms with van der Waals surface area (Å²) in [5, 5.41) is 17.6. The number of nitrogens with zero attached hydrogens (tertiary/aromatic N) is 6. The van der Waals surface area contributed by atoms with Crippen LogP contribution in [0.1, 0.15) is 40.4 Å². The summed E-state index contributed by atoms with van der Waals surface area (Å²) in [5.74, 6) is -0.0485. The third-order valence-electron chi connectivity index (χ3n) is 6.65. The van der Waals surface area contributed by atoms with Gasteiger partial charge in [-0.25, -0.2) is 14.6 Å². The van der Waals surface area contributed by atoms with Gasteiger partial charge in [0.25, 0.3) is 5.91 Å². The van der Waals surface area contributed by atoms with Crippen LogP contribution in [0.4, 0.5) is 5.82 Å². The van der Waals surface area contributed by atoms with Crippen molar-refractivity contribution >= 4 is 28.7 Å². The van der Waals surface area contributed by atoms with E-state index in [0.717, 1.165) is 24.0 Å². The molecular formula is C28H26N8O2. The molecular weight excluding hydrogens is 480 g/mol. The van der Waals surface area contributed by atoms with Crippen LogP contribution < -0.4 is 11.1 Å². The molecule has 1 fully saturated rings. The first-order valence-electron chi connectivity index (χ1n) is 12.3. The SMILES string of the molecule is C=CC(=O)N1CCC[C@@H](n2nc(-c3cccc(CNC(=O)c4cccc(C#N)c4)c3)c3c(N)ncnc32)C1. The number of amides is 2. The maximum Gasteiger partial charge on any atom is 0.251 e. The largest absolute Gasteiger partial charge is 0.383 e. The fourth-order valence-corrected chi connectivity index (χ4v) is 4.78. The minimum Gasteiger partial charge on any atom is -0.383 e. The van der Waals surface area contributed by atoms with E-state index in [4.69, 9.17) is 16.1 Å². The Morgan fingerprint density at radius 2 is 2.05 bits per heavy atom. The van der Waals surface area contributed by atoms with Gasteiger partial charge in [-0.2, -0.15) is 10.4 Å². The molecule has 0 aliphatic carbocycles. The molecule has 0 radical (unpaired) electrons. The van der Waals surface area contributed by atoms with Gasteiger partial charge in [0, 0.05) is 30.8 Å². The van der Waals surface area contributed by atoms with Gasteiger partial charge in [0.15, 0.2) is 5.65 Å². The van der Waals surface area contributed by atoms with Crippen LogP contribution in [0.3, 0.4) is 0 Å². The molecule has 0 saturated carbocycles. The molecule has 1 atom stereocenters. The van der Waals surface area contributed by atoms with Crippen molar-refractivity contribution in [3.8, 4) is 17.3 Å². The Balaban J connectivity index is 1.44. The maximum atomic E-state index is 12.6. The quantitative estimate of drug-likeness (QED) is 0.382. The normalized spacial score (nSPS) is 15.1. The second-order valence-corrected chi connectivity index (χ2v) is 9.11. The van der Waals surface area contributed by atoms with Crippen molar-refractivity contribution in [3.05, 3.63) is 84.2 Å². The maximum absolute atomic E-state index is 12.6. The van der Waals surface area contributed by atoms with Crippen LogP contribution in [-0.2, 0) is 11.3 Å². The van der Waals surface area contributed by atoms with Crippen molar-refractivity contribution in [1.82, 2.24) is 30.0 Å². The monoisotopic (exact) mass is 506 g/mol. The number of nitrogen functional groups attached to an aromatic ring is 1. The van der Waals surface area contributed by atoms with Crippen molar-refractivity contribution in [2.75, 3.05) is 18.8 Å². The first kappa shape index (κ1) is 24.6. The van der Waals surface area contributed by atoms with Crippen LogP contribution in [-0.4, -0.2) is 49.6 Å². The van der Waals surface area contributed by atoms with Gasteiger partial charge in [0.2, 0.25) is 5.91 Å². The van der Waals surface area contributed by atoms with Gasteiger partial charge in [-0.15, -0.1) is 0 Å². The van der Waals surface area contributed by atoms with E-state index in [1.165, 1.54) is 12.4 Å². The first-order valence-corrected chi connectivity index (χ1v) is 12.3. The average Bonchev–Trinajstić information content (AvgIpc) is 3.37. The minimum absolute atomic E-state index is 0.0650. The number of carbonyl (C=O) groups excluding carboxylic acids is 2. The molecule has 1 aliphatic heterocycles. The van der Waals surface area contributed by atoms with Crippen LogP contribution in [0.15, 0.2) is 67.5 Å². The first-order chi connectivity index (χ1) is 18.5. The highest BCUT2D eigenvalue weighted by molar-refractivity contribution is 5.98. The zero-order valence-corrected chi connectivity index (χ0v) is 20.7. The van der Waals surface area contributed by atoms with Gasteiger partial charge < -0.3 is 16.0 Å². The molecule has 1 saturated heterocycles. The van der Waals surface area contributed by atoms with Gasteiger partial charge in [-0.05, 0) is 48.7 Å². The molecule has 1 aliphatic rings. The zero-order valence-electron chi connectivity index (χ0n) is 20.7. The molecule has 3 N–H and O–H groups in total. The van der Waals surface area contributed by atoms with Crippen molar-refractivity contribution < 1.29 is 9.59 Å². The number of carbonyl (C=O) groups is 2. The second-order valence-electron chi connectivity index (χ2n) is 9.11. The lowest BCUT2D eigenvalue weighted by molar-refractivity contribution is -0.127. The Morgan fingerprint density at radius 3 is 2.87 bits per heavy atom. The number of anilines is 1.